The van der Waals surface area contributed by atoms with Gasteiger partial charge in [0, 0.05) is 0 Å². The number of halogens is 6. The number of carbonyl (C=O) groups excluding carboxylic acids is 1. The van der Waals surface area contributed by atoms with Crippen LogP contribution in [0.25, 0.3) is 0 Å². The summed E-state index contributed by atoms with van der Waals surface area (Å²) in [4.78, 5) is 11.1. The maximum Gasteiger partial charge on any atom is 0.417 e. The standard InChI is InChI=1S/C9H4Cl2F4O/c10-3-6(16)7-5(12)2-1-4(8(7)11)9(13,14)15/h1-2H,3H2. The van der Waals surface area contributed by atoms with Gasteiger partial charge in [-0.1, -0.05) is 11.6 Å². The second kappa shape index (κ2) is 4.59. The van der Waals surface area contributed by atoms with Gasteiger partial charge in [0.2, 0.25) is 0 Å². The lowest BCUT2D eigenvalue weighted by atomic mass is 10.1. The Morgan fingerprint density at radius 3 is 2.31 bits per heavy atom. The summed E-state index contributed by atoms with van der Waals surface area (Å²) in [5.74, 6) is -2.75. The molecule has 0 radical (unpaired) electrons. The number of hydrogen-bond acceptors (Lipinski definition) is 1. The molecule has 0 saturated carbocycles. The van der Waals surface area contributed by atoms with Crippen LogP contribution in [-0.4, -0.2) is 11.7 Å². The Morgan fingerprint density at radius 1 is 1.31 bits per heavy atom. The summed E-state index contributed by atoms with van der Waals surface area (Å²) in [6.45, 7) is 0. The van der Waals surface area contributed by atoms with E-state index >= 15 is 0 Å². The molecule has 0 spiro atoms. The fourth-order valence-electron chi connectivity index (χ4n) is 1.09. The number of Topliss-reactive ketones (excluding diaryl/α,β-unsaturated/α-hetero) is 1. The molecule has 0 N–H and O–H groups in total. The summed E-state index contributed by atoms with van der Waals surface area (Å²) in [5, 5.41) is -0.960. The zero-order chi connectivity index (χ0) is 12.5. The van der Waals surface area contributed by atoms with Crippen LogP contribution in [0.2, 0.25) is 5.02 Å². The van der Waals surface area contributed by atoms with Crippen molar-refractivity contribution in [2.24, 2.45) is 0 Å². The summed E-state index contributed by atoms with van der Waals surface area (Å²) >= 11 is 10.5. The maximum atomic E-state index is 13.1. The van der Waals surface area contributed by atoms with E-state index in [1.54, 1.807) is 0 Å². The third kappa shape index (κ3) is 2.47. The number of hydrogen-bond donors (Lipinski definition) is 0. The number of carbonyl (C=O) groups is 1. The summed E-state index contributed by atoms with van der Waals surface area (Å²) in [6.07, 6.45) is -4.74. The van der Waals surface area contributed by atoms with E-state index in [2.05, 4.69) is 0 Å². The van der Waals surface area contributed by atoms with Gasteiger partial charge < -0.3 is 0 Å². The number of alkyl halides is 4. The molecule has 0 unspecified atom stereocenters. The van der Waals surface area contributed by atoms with E-state index in [-0.39, 0.29) is 0 Å². The van der Waals surface area contributed by atoms with E-state index in [1.165, 1.54) is 0 Å². The molecule has 16 heavy (non-hydrogen) atoms. The van der Waals surface area contributed by atoms with Crippen LogP contribution in [0.5, 0.6) is 0 Å². The van der Waals surface area contributed by atoms with Gasteiger partial charge in [0.05, 0.1) is 22.0 Å². The molecule has 0 fully saturated rings. The summed E-state index contributed by atoms with van der Waals surface area (Å²) in [5.41, 5.74) is -2.09. The molecule has 0 aromatic heterocycles. The quantitative estimate of drug-likeness (QED) is 0.454. The third-order valence-corrected chi connectivity index (χ3v) is 2.43. The van der Waals surface area contributed by atoms with E-state index in [9.17, 15) is 22.4 Å². The fraction of sp³-hybridized carbons (Fsp3) is 0.222. The molecule has 0 amide bonds. The van der Waals surface area contributed by atoms with Crippen LogP contribution in [0, 0.1) is 5.82 Å². The van der Waals surface area contributed by atoms with Crippen LogP contribution in [0.15, 0.2) is 12.1 Å². The van der Waals surface area contributed by atoms with Crippen molar-refractivity contribution in [2.45, 2.75) is 6.18 Å². The van der Waals surface area contributed by atoms with Crippen molar-refractivity contribution in [3.63, 3.8) is 0 Å². The highest BCUT2D eigenvalue weighted by Gasteiger charge is 2.35. The number of ketones is 1. The van der Waals surface area contributed by atoms with Crippen molar-refractivity contribution in [2.75, 3.05) is 5.88 Å². The van der Waals surface area contributed by atoms with E-state index in [1.807, 2.05) is 0 Å². The number of rotatable bonds is 2. The molecule has 1 aromatic rings. The molecular weight excluding hydrogens is 271 g/mol. The minimum atomic E-state index is -4.74. The first-order valence-corrected chi connectivity index (χ1v) is 4.84. The average Bonchev–Trinajstić information content (AvgIpc) is 2.15. The van der Waals surface area contributed by atoms with Crippen molar-refractivity contribution in [1.29, 1.82) is 0 Å². The second-order valence-electron chi connectivity index (χ2n) is 2.84. The highest BCUT2D eigenvalue weighted by atomic mass is 35.5. The fourth-order valence-corrected chi connectivity index (χ4v) is 1.59. The lowest BCUT2D eigenvalue weighted by Gasteiger charge is -2.11. The molecule has 0 atom stereocenters. The Hall–Kier alpha value is -0.810. The van der Waals surface area contributed by atoms with Gasteiger partial charge in [-0.3, -0.25) is 4.79 Å². The predicted molar refractivity (Wildman–Crippen MR) is 51.5 cm³/mol. The van der Waals surface area contributed by atoms with Gasteiger partial charge >= 0.3 is 6.18 Å². The molecule has 0 aliphatic rings. The Labute approximate surface area is 98.0 Å². The first-order valence-electron chi connectivity index (χ1n) is 3.93. The molecule has 88 valence electrons. The predicted octanol–water partition coefficient (Wildman–Crippen LogP) is 3.92. The minimum absolute atomic E-state index is 0.475. The van der Waals surface area contributed by atoms with Gasteiger partial charge in [0.15, 0.2) is 5.78 Å². The molecule has 0 bridgehead atoms. The molecule has 1 nitrogen and oxygen atoms in total. The molecule has 7 heteroatoms. The zero-order valence-electron chi connectivity index (χ0n) is 7.54. The molecule has 0 aliphatic heterocycles. The summed E-state index contributed by atoms with van der Waals surface area (Å²) in [7, 11) is 0. The molecule has 1 aromatic carbocycles. The molecule has 0 saturated heterocycles. The first-order chi connectivity index (χ1) is 7.29. The van der Waals surface area contributed by atoms with Crippen LogP contribution in [0.4, 0.5) is 17.6 Å². The number of benzene rings is 1. The van der Waals surface area contributed by atoms with Crippen molar-refractivity contribution < 1.29 is 22.4 Å². The van der Waals surface area contributed by atoms with Crippen molar-refractivity contribution in [3.05, 3.63) is 34.1 Å². The molecule has 0 aliphatic carbocycles. The highest BCUT2D eigenvalue weighted by Crippen LogP contribution is 2.37. The van der Waals surface area contributed by atoms with Crippen LogP contribution in [-0.2, 0) is 6.18 Å². The monoisotopic (exact) mass is 274 g/mol. The van der Waals surface area contributed by atoms with Gasteiger partial charge in [-0.15, -0.1) is 11.6 Å². The Morgan fingerprint density at radius 2 is 1.88 bits per heavy atom. The SMILES string of the molecule is O=C(CCl)c1c(F)ccc(C(F)(F)F)c1Cl. The van der Waals surface area contributed by atoms with Gasteiger partial charge in [-0.05, 0) is 12.1 Å². The summed E-state index contributed by atoms with van der Waals surface area (Å²) in [6, 6.07) is 1.01. The van der Waals surface area contributed by atoms with Crippen molar-refractivity contribution in [3.8, 4) is 0 Å². The van der Waals surface area contributed by atoms with Gasteiger partial charge in [-0.2, -0.15) is 13.2 Å². The minimum Gasteiger partial charge on any atom is -0.293 e. The normalized spacial score (nSPS) is 11.6. The third-order valence-electron chi connectivity index (χ3n) is 1.80. The average molecular weight is 275 g/mol. The van der Waals surface area contributed by atoms with Crippen LogP contribution >= 0.6 is 23.2 Å². The molecule has 1 rings (SSSR count). The Kier molecular flexibility index (Phi) is 3.80. The topological polar surface area (TPSA) is 17.1 Å². The Bertz CT molecular complexity index is 428. The zero-order valence-corrected chi connectivity index (χ0v) is 9.05. The summed E-state index contributed by atoms with van der Waals surface area (Å²) < 4.78 is 50.3. The van der Waals surface area contributed by atoms with E-state index in [0.29, 0.717) is 12.1 Å². The van der Waals surface area contributed by atoms with Crippen LogP contribution in [0.3, 0.4) is 0 Å². The van der Waals surface area contributed by atoms with E-state index in [0.717, 1.165) is 0 Å². The van der Waals surface area contributed by atoms with Gasteiger partial charge in [0.1, 0.15) is 5.82 Å². The molecule has 0 heterocycles. The Balaban J connectivity index is 3.45. The lowest BCUT2D eigenvalue weighted by molar-refractivity contribution is -0.137. The maximum absolute atomic E-state index is 13.1. The van der Waals surface area contributed by atoms with E-state index < -0.39 is 39.8 Å². The smallest absolute Gasteiger partial charge is 0.293 e. The van der Waals surface area contributed by atoms with Crippen molar-refractivity contribution in [1.82, 2.24) is 0 Å². The largest absolute Gasteiger partial charge is 0.417 e. The van der Waals surface area contributed by atoms with Crippen molar-refractivity contribution >= 4 is 29.0 Å². The van der Waals surface area contributed by atoms with Gasteiger partial charge in [0.25, 0.3) is 0 Å². The van der Waals surface area contributed by atoms with Gasteiger partial charge in [-0.25, -0.2) is 4.39 Å². The second-order valence-corrected chi connectivity index (χ2v) is 3.48. The van der Waals surface area contributed by atoms with E-state index in [4.69, 9.17) is 23.2 Å². The molecular formula is C9H4Cl2F4O. The van der Waals surface area contributed by atoms with Crippen LogP contribution in [0.1, 0.15) is 15.9 Å². The lowest BCUT2D eigenvalue weighted by Crippen LogP contribution is -2.12. The highest BCUT2D eigenvalue weighted by molar-refractivity contribution is 6.37. The first kappa shape index (κ1) is 13.3. The van der Waals surface area contributed by atoms with Crippen LogP contribution < -0.4 is 0 Å².